The SMILES string of the molecule is C=C(C)C(=O)Nc1ccc2c(c1)C(=O)N(C)C2=O. The molecule has 5 nitrogen and oxygen atoms in total. The van der Waals surface area contributed by atoms with Gasteiger partial charge in [0.25, 0.3) is 17.7 Å². The van der Waals surface area contributed by atoms with E-state index in [-0.39, 0.29) is 17.7 Å². The van der Waals surface area contributed by atoms with E-state index < -0.39 is 0 Å². The molecule has 1 heterocycles. The lowest BCUT2D eigenvalue weighted by molar-refractivity contribution is -0.112. The fourth-order valence-corrected chi connectivity index (χ4v) is 1.68. The van der Waals surface area contributed by atoms with Gasteiger partial charge in [0.1, 0.15) is 0 Å². The molecule has 0 atom stereocenters. The van der Waals surface area contributed by atoms with Crippen molar-refractivity contribution in [1.82, 2.24) is 4.90 Å². The van der Waals surface area contributed by atoms with Crippen LogP contribution in [0.1, 0.15) is 27.6 Å². The first kappa shape index (κ1) is 12.0. The fourth-order valence-electron chi connectivity index (χ4n) is 1.68. The van der Waals surface area contributed by atoms with Crippen molar-refractivity contribution in [3.63, 3.8) is 0 Å². The van der Waals surface area contributed by atoms with E-state index in [1.165, 1.54) is 19.2 Å². The lowest BCUT2D eigenvalue weighted by atomic mass is 10.1. The summed E-state index contributed by atoms with van der Waals surface area (Å²) >= 11 is 0. The Kier molecular flexibility index (Phi) is 2.74. The molecule has 18 heavy (non-hydrogen) atoms. The molecule has 92 valence electrons. The van der Waals surface area contributed by atoms with E-state index in [0.717, 1.165) is 4.90 Å². The number of fused-ring (bicyclic) bond motifs is 1. The van der Waals surface area contributed by atoms with Gasteiger partial charge in [-0.1, -0.05) is 6.58 Å². The number of nitrogens with one attached hydrogen (secondary N) is 1. The van der Waals surface area contributed by atoms with Crippen molar-refractivity contribution in [2.24, 2.45) is 0 Å². The van der Waals surface area contributed by atoms with Gasteiger partial charge in [0.2, 0.25) is 0 Å². The summed E-state index contributed by atoms with van der Waals surface area (Å²) in [7, 11) is 1.43. The smallest absolute Gasteiger partial charge is 0.261 e. The quantitative estimate of drug-likeness (QED) is 0.632. The molecule has 0 saturated heterocycles. The number of nitrogens with zero attached hydrogens (tertiary/aromatic N) is 1. The largest absolute Gasteiger partial charge is 0.322 e. The van der Waals surface area contributed by atoms with E-state index in [0.29, 0.717) is 22.4 Å². The molecule has 0 saturated carbocycles. The molecule has 5 heteroatoms. The molecule has 0 aliphatic carbocycles. The van der Waals surface area contributed by atoms with E-state index in [9.17, 15) is 14.4 Å². The number of rotatable bonds is 2. The molecular formula is C13H12N2O3. The highest BCUT2D eigenvalue weighted by atomic mass is 16.2. The maximum atomic E-state index is 11.8. The zero-order chi connectivity index (χ0) is 13.4. The van der Waals surface area contributed by atoms with Gasteiger partial charge in [-0.25, -0.2) is 0 Å². The summed E-state index contributed by atoms with van der Waals surface area (Å²) in [5.74, 6) is -1.01. The minimum atomic E-state index is -0.360. The standard InChI is InChI=1S/C13H12N2O3/c1-7(2)11(16)14-8-4-5-9-10(6-8)13(18)15(3)12(9)17/h4-6H,1H2,2-3H3,(H,14,16). The van der Waals surface area contributed by atoms with Gasteiger partial charge in [-0.2, -0.15) is 0 Å². The average Bonchev–Trinajstić information content (AvgIpc) is 2.54. The van der Waals surface area contributed by atoms with Crippen LogP contribution in [-0.4, -0.2) is 29.7 Å². The van der Waals surface area contributed by atoms with Crippen molar-refractivity contribution < 1.29 is 14.4 Å². The number of carbonyl (C=O) groups is 3. The average molecular weight is 244 g/mol. The summed E-state index contributed by atoms with van der Waals surface area (Å²) in [6, 6.07) is 4.62. The van der Waals surface area contributed by atoms with Crippen LogP contribution in [0.5, 0.6) is 0 Å². The number of anilines is 1. The molecule has 1 N–H and O–H groups in total. The van der Waals surface area contributed by atoms with Crippen LogP contribution < -0.4 is 5.32 Å². The van der Waals surface area contributed by atoms with E-state index >= 15 is 0 Å². The van der Waals surface area contributed by atoms with Crippen molar-refractivity contribution in [2.45, 2.75) is 6.92 Å². The van der Waals surface area contributed by atoms with Crippen LogP contribution in [0.15, 0.2) is 30.4 Å². The first-order valence-electron chi connectivity index (χ1n) is 5.35. The molecule has 1 aliphatic rings. The number of hydrogen-bond acceptors (Lipinski definition) is 3. The lowest BCUT2D eigenvalue weighted by Crippen LogP contribution is -2.24. The predicted molar refractivity (Wildman–Crippen MR) is 66.3 cm³/mol. The number of carbonyl (C=O) groups excluding carboxylic acids is 3. The van der Waals surface area contributed by atoms with Gasteiger partial charge < -0.3 is 5.32 Å². The predicted octanol–water partition coefficient (Wildman–Crippen LogP) is 1.43. The summed E-state index contributed by atoms with van der Waals surface area (Å²) in [6.45, 7) is 5.11. The van der Waals surface area contributed by atoms with Crippen LogP contribution in [0, 0.1) is 0 Å². The van der Waals surface area contributed by atoms with E-state index in [1.54, 1.807) is 13.0 Å². The van der Waals surface area contributed by atoms with Gasteiger partial charge in [0.05, 0.1) is 11.1 Å². The van der Waals surface area contributed by atoms with E-state index in [1.807, 2.05) is 0 Å². The van der Waals surface area contributed by atoms with Crippen molar-refractivity contribution in [1.29, 1.82) is 0 Å². The topological polar surface area (TPSA) is 66.5 Å². The number of benzene rings is 1. The summed E-state index contributed by atoms with van der Waals surface area (Å²) in [4.78, 5) is 35.9. The molecule has 0 radical (unpaired) electrons. The van der Waals surface area contributed by atoms with Gasteiger partial charge in [0, 0.05) is 18.3 Å². The molecule has 2 rings (SSSR count). The highest BCUT2D eigenvalue weighted by Gasteiger charge is 2.32. The third-order valence-corrected chi connectivity index (χ3v) is 2.74. The van der Waals surface area contributed by atoms with Crippen LogP contribution >= 0.6 is 0 Å². The van der Waals surface area contributed by atoms with Gasteiger partial charge in [-0.05, 0) is 25.1 Å². The molecule has 0 fully saturated rings. The summed E-state index contributed by atoms with van der Waals surface area (Å²) in [5, 5.41) is 2.60. The maximum absolute atomic E-state index is 11.8. The monoisotopic (exact) mass is 244 g/mol. The third-order valence-electron chi connectivity index (χ3n) is 2.74. The molecule has 1 aromatic carbocycles. The van der Waals surface area contributed by atoms with Crippen LogP contribution in [0.4, 0.5) is 5.69 Å². The first-order chi connectivity index (χ1) is 8.41. The Bertz CT molecular complexity index is 590. The van der Waals surface area contributed by atoms with Crippen molar-refractivity contribution >= 4 is 23.4 Å². The molecule has 1 aliphatic heterocycles. The van der Waals surface area contributed by atoms with Crippen molar-refractivity contribution in [3.8, 4) is 0 Å². The molecule has 0 spiro atoms. The Morgan fingerprint density at radius 3 is 2.44 bits per heavy atom. The minimum absolute atomic E-state index is 0.307. The second kappa shape index (κ2) is 4.10. The Morgan fingerprint density at radius 1 is 1.22 bits per heavy atom. The summed E-state index contributed by atoms with van der Waals surface area (Å²) in [6.07, 6.45) is 0. The first-order valence-corrected chi connectivity index (χ1v) is 5.35. The number of imide groups is 1. The molecule has 1 aromatic rings. The number of amides is 3. The van der Waals surface area contributed by atoms with Gasteiger partial charge in [-0.15, -0.1) is 0 Å². The molecule has 0 aromatic heterocycles. The van der Waals surface area contributed by atoms with Gasteiger partial charge in [-0.3, -0.25) is 19.3 Å². The van der Waals surface area contributed by atoms with Crippen LogP contribution in [-0.2, 0) is 4.79 Å². The highest BCUT2D eigenvalue weighted by molar-refractivity contribution is 6.21. The molecule has 3 amide bonds. The fraction of sp³-hybridized carbons (Fsp3) is 0.154. The summed E-state index contributed by atoms with van der Waals surface area (Å²) in [5.41, 5.74) is 1.51. The second-order valence-corrected chi connectivity index (χ2v) is 4.16. The third kappa shape index (κ3) is 1.79. The van der Waals surface area contributed by atoms with Crippen LogP contribution in [0.3, 0.4) is 0 Å². The molecular weight excluding hydrogens is 232 g/mol. The summed E-state index contributed by atoms with van der Waals surface area (Å²) < 4.78 is 0. The van der Waals surface area contributed by atoms with Crippen molar-refractivity contribution in [3.05, 3.63) is 41.5 Å². The normalized spacial score (nSPS) is 13.6. The Morgan fingerprint density at radius 2 is 1.83 bits per heavy atom. The minimum Gasteiger partial charge on any atom is -0.322 e. The molecule has 0 bridgehead atoms. The Labute approximate surface area is 104 Å². The van der Waals surface area contributed by atoms with E-state index in [4.69, 9.17) is 0 Å². The van der Waals surface area contributed by atoms with Crippen molar-refractivity contribution in [2.75, 3.05) is 12.4 Å². The van der Waals surface area contributed by atoms with Gasteiger partial charge in [0.15, 0.2) is 0 Å². The zero-order valence-electron chi connectivity index (χ0n) is 10.1. The number of hydrogen-bond donors (Lipinski definition) is 1. The Balaban J connectivity index is 2.35. The highest BCUT2D eigenvalue weighted by Crippen LogP contribution is 2.24. The Hall–Kier alpha value is -2.43. The molecule has 0 unspecified atom stereocenters. The lowest BCUT2D eigenvalue weighted by Gasteiger charge is -2.05. The second-order valence-electron chi connectivity index (χ2n) is 4.16. The van der Waals surface area contributed by atoms with Gasteiger partial charge >= 0.3 is 0 Å². The maximum Gasteiger partial charge on any atom is 0.261 e. The zero-order valence-corrected chi connectivity index (χ0v) is 10.1. The van der Waals surface area contributed by atoms with Crippen LogP contribution in [0.2, 0.25) is 0 Å². The van der Waals surface area contributed by atoms with Crippen LogP contribution in [0.25, 0.3) is 0 Å². The van der Waals surface area contributed by atoms with E-state index in [2.05, 4.69) is 11.9 Å².